The number of aryl methyl sites for hydroxylation is 2. The number of rotatable bonds is 3. The van der Waals surface area contributed by atoms with E-state index in [1.807, 2.05) is 37.4 Å². The van der Waals surface area contributed by atoms with Crippen molar-refractivity contribution in [3.05, 3.63) is 72.1 Å². The molecule has 0 fully saturated rings. The number of hydrogen-bond acceptors (Lipinski definition) is 4. The average molecular weight is 403 g/mol. The number of aromatic nitrogens is 3. The van der Waals surface area contributed by atoms with E-state index in [-0.39, 0.29) is 0 Å². The van der Waals surface area contributed by atoms with Crippen LogP contribution in [0.25, 0.3) is 16.6 Å². The van der Waals surface area contributed by atoms with Crippen LogP contribution in [-0.2, 0) is 18.9 Å². The van der Waals surface area contributed by atoms with Crippen molar-refractivity contribution in [3.8, 4) is 5.69 Å². The van der Waals surface area contributed by atoms with Crippen molar-refractivity contribution in [1.82, 2.24) is 9.25 Å². The van der Waals surface area contributed by atoms with E-state index in [1.54, 1.807) is 0 Å². The summed E-state index contributed by atoms with van der Waals surface area (Å²) in [5.74, 6) is -0.275. The minimum absolute atomic E-state index is 0.809. The Morgan fingerprint density at radius 3 is 2.23 bits per heavy atom. The minimum atomic E-state index is -1.08. The van der Waals surface area contributed by atoms with Gasteiger partial charge in [0.2, 0.25) is 0 Å². The molecule has 2 aromatic heterocycles. The lowest BCUT2D eigenvalue weighted by atomic mass is 10.2. The summed E-state index contributed by atoms with van der Waals surface area (Å²) >= 11 is 0. The van der Waals surface area contributed by atoms with Crippen LogP contribution in [-0.4, -0.2) is 15.2 Å². The van der Waals surface area contributed by atoms with E-state index in [4.69, 9.17) is 9.90 Å². The lowest BCUT2D eigenvalue weighted by molar-refractivity contribution is -0.670. The molecule has 7 heteroatoms. The van der Waals surface area contributed by atoms with Gasteiger partial charge in [-0.1, -0.05) is 36.4 Å². The molecule has 0 saturated heterocycles. The van der Waals surface area contributed by atoms with E-state index < -0.39 is 5.97 Å². The zero-order valence-electron chi connectivity index (χ0n) is 17.8. The third-order valence-electron chi connectivity index (χ3n) is 4.98. The summed E-state index contributed by atoms with van der Waals surface area (Å²) in [5.41, 5.74) is 5.38. The molecule has 2 aromatic carbocycles. The standard InChI is InChI=1S/C21H22N5.C2H4O2/c1-15-14-20(26(25(15)4)17-10-6-5-7-11-17)22-23-21-16(2)24(3)19-13-9-8-12-18(19)21;1-2(3)4/h5-14H,1-4H3;1H3,(H,3,4)/q+1;/p-1. The Kier molecular flexibility index (Phi) is 6.11. The quantitative estimate of drug-likeness (QED) is 0.387. The van der Waals surface area contributed by atoms with Gasteiger partial charge in [-0.2, -0.15) is 0 Å². The first-order valence-corrected chi connectivity index (χ1v) is 9.58. The molecular weight excluding hydrogens is 378 g/mol. The van der Waals surface area contributed by atoms with Gasteiger partial charge in [-0.05, 0) is 44.1 Å². The van der Waals surface area contributed by atoms with Crippen LogP contribution < -0.4 is 9.79 Å². The van der Waals surface area contributed by atoms with Crippen LogP contribution in [0.4, 0.5) is 11.5 Å². The van der Waals surface area contributed by atoms with Crippen LogP contribution in [0.15, 0.2) is 70.9 Å². The number of hydrogen-bond donors (Lipinski definition) is 0. The van der Waals surface area contributed by atoms with Crippen molar-refractivity contribution < 1.29 is 14.6 Å². The van der Waals surface area contributed by atoms with E-state index in [1.165, 1.54) is 5.52 Å². The van der Waals surface area contributed by atoms with Crippen LogP contribution in [0.5, 0.6) is 0 Å². The van der Waals surface area contributed by atoms with Gasteiger partial charge in [0.15, 0.2) is 5.69 Å². The van der Waals surface area contributed by atoms with Crippen molar-refractivity contribution in [2.24, 2.45) is 24.3 Å². The molecule has 0 amide bonds. The molecule has 0 aliphatic carbocycles. The van der Waals surface area contributed by atoms with E-state index in [9.17, 15) is 0 Å². The lowest BCUT2D eigenvalue weighted by Crippen LogP contribution is -2.39. The lowest BCUT2D eigenvalue weighted by Gasteiger charge is -2.02. The number of azo groups is 1. The molecule has 0 spiro atoms. The number of para-hydroxylation sites is 2. The zero-order chi connectivity index (χ0) is 21.8. The second-order valence-electron chi connectivity index (χ2n) is 7.02. The molecule has 0 bridgehead atoms. The Morgan fingerprint density at radius 2 is 1.57 bits per heavy atom. The Morgan fingerprint density at radius 1 is 0.967 bits per heavy atom. The molecule has 0 saturated carbocycles. The topological polar surface area (TPSA) is 78.6 Å². The highest BCUT2D eigenvalue weighted by Gasteiger charge is 2.20. The molecule has 30 heavy (non-hydrogen) atoms. The first-order valence-electron chi connectivity index (χ1n) is 9.58. The maximum Gasteiger partial charge on any atom is 0.376 e. The van der Waals surface area contributed by atoms with Crippen molar-refractivity contribution >= 4 is 28.4 Å². The maximum atomic E-state index is 8.89. The molecule has 2 heterocycles. The highest BCUT2D eigenvalue weighted by Crippen LogP contribution is 2.33. The normalized spacial score (nSPS) is 11.0. The number of carbonyl (C=O) groups is 1. The molecule has 0 N–H and O–H groups in total. The first kappa shape index (κ1) is 21.0. The highest BCUT2D eigenvalue weighted by molar-refractivity contribution is 5.93. The molecule has 0 radical (unpaired) electrons. The second-order valence-corrected chi connectivity index (χ2v) is 7.02. The van der Waals surface area contributed by atoms with Gasteiger partial charge in [-0.3, -0.25) is 0 Å². The van der Waals surface area contributed by atoms with Gasteiger partial charge in [0.25, 0.3) is 0 Å². The summed E-state index contributed by atoms with van der Waals surface area (Å²) in [7, 11) is 4.10. The monoisotopic (exact) mass is 403 g/mol. The Bertz CT molecular complexity index is 1220. The fraction of sp³-hybridized carbons (Fsp3) is 0.217. The molecule has 7 nitrogen and oxygen atoms in total. The molecule has 4 rings (SSSR count). The number of nitrogens with zero attached hydrogens (tertiary/aromatic N) is 5. The zero-order valence-corrected chi connectivity index (χ0v) is 17.8. The summed E-state index contributed by atoms with van der Waals surface area (Å²) in [6.07, 6.45) is 0. The average Bonchev–Trinajstić information content (AvgIpc) is 3.14. The summed E-state index contributed by atoms with van der Waals surface area (Å²) in [5, 5.41) is 19.3. The Hall–Kier alpha value is -3.74. The summed E-state index contributed by atoms with van der Waals surface area (Å²) in [4.78, 5) is 8.89. The predicted molar refractivity (Wildman–Crippen MR) is 114 cm³/mol. The third kappa shape index (κ3) is 4.15. The third-order valence-corrected chi connectivity index (χ3v) is 4.98. The fourth-order valence-electron chi connectivity index (χ4n) is 3.33. The van der Waals surface area contributed by atoms with Gasteiger partial charge in [0.1, 0.15) is 5.69 Å². The van der Waals surface area contributed by atoms with Crippen molar-refractivity contribution in [3.63, 3.8) is 0 Å². The van der Waals surface area contributed by atoms with Crippen molar-refractivity contribution in [2.75, 3.05) is 0 Å². The van der Waals surface area contributed by atoms with Crippen LogP contribution in [0, 0.1) is 13.8 Å². The summed E-state index contributed by atoms with van der Waals surface area (Å²) in [6.45, 7) is 5.12. The number of benzene rings is 2. The number of carbonyl (C=O) groups excluding carboxylic acids is 1. The maximum absolute atomic E-state index is 8.89. The SMILES string of the molecule is CC(=O)[O-].Cc1c(N=Nc2cc(C)n(C)[n+]2-c2ccccc2)c2ccccc2n1C. The Labute approximate surface area is 175 Å². The largest absolute Gasteiger partial charge is 0.550 e. The smallest absolute Gasteiger partial charge is 0.376 e. The molecule has 154 valence electrons. The van der Waals surface area contributed by atoms with Crippen LogP contribution in [0.3, 0.4) is 0 Å². The number of fused-ring (bicyclic) bond motifs is 1. The van der Waals surface area contributed by atoms with Gasteiger partial charge in [0, 0.05) is 31.1 Å². The fourth-order valence-corrected chi connectivity index (χ4v) is 3.33. The van der Waals surface area contributed by atoms with Crippen LogP contribution in [0.1, 0.15) is 18.3 Å². The van der Waals surface area contributed by atoms with Gasteiger partial charge in [-0.15, -0.1) is 4.68 Å². The molecule has 0 aliphatic heterocycles. The Balaban J connectivity index is 0.000000589. The molecular formula is C23H25N5O2. The predicted octanol–water partition coefficient (Wildman–Crippen LogP) is 3.58. The number of aliphatic carboxylic acids is 1. The van der Waals surface area contributed by atoms with Gasteiger partial charge in [0.05, 0.1) is 22.4 Å². The first-order chi connectivity index (χ1) is 14.3. The minimum Gasteiger partial charge on any atom is -0.550 e. The van der Waals surface area contributed by atoms with Gasteiger partial charge < -0.3 is 14.5 Å². The molecule has 0 unspecified atom stereocenters. The molecule has 0 atom stereocenters. The highest BCUT2D eigenvalue weighted by atomic mass is 16.4. The van der Waals surface area contributed by atoms with Gasteiger partial charge >= 0.3 is 5.82 Å². The van der Waals surface area contributed by atoms with E-state index in [2.05, 4.69) is 75.4 Å². The van der Waals surface area contributed by atoms with Crippen LogP contribution >= 0.6 is 0 Å². The number of carboxylic acids is 1. The van der Waals surface area contributed by atoms with Crippen LogP contribution in [0.2, 0.25) is 0 Å². The summed E-state index contributed by atoms with van der Waals surface area (Å²) in [6, 6.07) is 20.6. The van der Waals surface area contributed by atoms with E-state index in [0.29, 0.717) is 0 Å². The van der Waals surface area contributed by atoms with E-state index in [0.717, 1.165) is 40.9 Å². The molecule has 4 aromatic rings. The second kappa shape index (κ2) is 8.73. The van der Waals surface area contributed by atoms with E-state index >= 15 is 0 Å². The van der Waals surface area contributed by atoms with Gasteiger partial charge in [-0.25, -0.2) is 4.68 Å². The number of carboxylic acid groups (broad SMARTS) is 1. The van der Waals surface area contributed by atoms with Crippen molar-refractivity contribution in [1.29, 1.82) is 0 Å². The summed E-state index contributed by atoms with van der Waals surface area (Å²) < 4.78 is 6.31. The molecule has 0 aliphatic rings. The van der Waals surface area contributed by atoms with Crippen molar-refractivity contribution in [2.45, 2.75) is 20.8 Å².